The van der Waals surface area contributed by atoms with E-state index < -0.39 is 5.97 Å². The molecule has 0 spiro atoms. The number of anilines is 1. The van der Waals surface area contributed by atoms with E-state index in [0.29, 0.717) is 37.4 Å². The summed E-state index contributed by atoms with van der Waals surface area (Å²) in [5.41, 5.74) is 5.95. The van der Waals surface area contributed by atoms with Crippen molar-refractivity contribution in [3.8, 4) is 33.0 Å². The van der Waals surface area contributed by atoms with E-state index in [2.05, 4.69) is 10.5 Å². The molecule has 1 aromatic heterocycles. The Morgan fingerprint density at radius 1 is 0.933 bits per heavy atom. The molecule has 0 aliphatic heterocycles. The van der Waals surface area contributed by atoms with Gasteiger partial charge in [0.25, 0.3) is 0 Å². The van der Waals surface area contributed by atoms with Crippen molar-refractivity contribution >= 4 is 46.2 Å². The van der Waals surface area contributed by atoms with Crippen LogP contribution in [0.3, 0.4) is 0 Å². The fourth-order valence-corrected chi connectivity index (χ4v) is 4.22. The van der Waals surface area contributed by atoms with Crippen molar-refractivity contribution in [1.82, 2.24) is 4.98 Å². The van der Waals surface area contributed by atoms with Gasteiger partial charge in [0.2, 0.25) is 0 Å². The molecule has 0 radical (unpaired) electrons. The summed E-state index contributed by atoms with van der Waals surface area (Å²) in [4.78, 5) is 16.6. The van der Waals surface area contributed by atoms with Crippen LogP contribution in [0.15, 0.2) is 66.0 Å². The minimum Gasteiger partial charge on any atom is -0.478 e. The Kier molecular flexibility index (Phi) is 5.74. The van der Waals surface area contributed by atoms with Crippen molar-refractivity contribution in [3.63, 3.8) is 0 Å². The Morgan fingerprint density at radius 3 is 2.43 bits per heavy atom. The lowest BCUT2D eigenvalue weighted by molar-refractivity contribution is 0.0698. The first-order valence-corrected chi connectivity index (χ1v) is 10.4. The quantitative estimate of drug-likeness (QED) is 0.283. The maximum atomic E-state index is 11.9. The van der Waals surface area contributed by atoms with Crippen LogP contribution in [0.2, 0.25) is 10.0 Å². The van der Waals surface area contributed by atoms with Crippen molar-refractivity contribution in [2.24, 2.45) is 0 Å². The minimum absolute atomic E-state index is 0.112. The molecule has 3 N–H and O–H groups in total. The van der Waals surface area contributed by atoms with E-state index in [1.165, 1.54) is 11.3 Å². The highest BCUT2D eigenvalue weighted by atomic mass is 35.5. The molecule has 0 amide bonds. The Hall–Kier alpha value is -2.90. The van der Waals surface area contributed by atoms with Gasteiger partial charge in [0.05, 0.1) is 27.0 Å². The lowest BCUT2D eigenvalue weighted by atomic mass is 9.96. The van der Waals surface area contributed by atoms with Gasteiger partial charge in [-0.1, -0.05) is 59.6 Å². The average Bonchev–Trinajstić information content (AvgIpc) is 3.25. The van der Waals surface area contributed by atoms with Crippen LogP contribution in [0, 0.1) is 0 Å². The molecule has 3 aromatic carbocycles. The summed E-state index contributed by atoms with van der Waals surface area (Å²) in [6.07, 6.45) is 0. The first kappa shape index (κ1) is 20.4. The highest BCUT2D eigenvalue weighted by Gasteiger charge is 2.17. The van der Waals surface area contributed by atoms with Crippen molar-refractivity contribution in [2.45, 2.75) is 0 Å². The Bertz CT molecular complexity index is 1260. The minimum atomic E-state index is -1.07. The molecule has 150 valence electrons. The summed E-state index contributed by atoms with van der Waals surface area (Å²) in [5, 5.41) is 22.6. The molecule has 0 atom stereocenters. The molecule has 0 unspecified atom stereocenters. The zero-order valence-electron chi connectivity index (χ0n) is 15.3. The molecule has 0 aliphatic carbocycles. The third-order valence-electron chi connectivity index (χ3n) is 4.55. The number of para-hydroxylation sites is 1. The summed E-state index contributed by atoms with van der Waals surface area (Å²) in [7, 11) is 0. The monoisotopic (exact) mass is 456 g/mol. The van der Waals surface area contributed by atoms with E-state index in [1.807, 2.05) is 17.5 Å². The molecule has 4 aromatic rings. The lowest BCUT2D eigenvalue weighted by Crippen LogP contribution is -2.02. The van der Waals surface area contributed by atoms with Crippen LogP contribution in [0.4, 0.5) is 5.69 Å². The second-order valence-corrected chi connectivity index (χ2v) is 8.06. The first-order valence-electron chi connectivity index (χ1n) is 8.76. The molecular weight excluding hydrogens is 443 g/mol. The number of thiazole rings is 1. The van der Waals surface area contributed by atoms with Gasteiger partial charge in [-0.2, -0.15) is 0 Å². The van der Waals surface area contributed by atoms with Crippen molar-refractivity contribution < 1.29 is 15.1 Å². The van der Waals surface area contributed by atoms with Gasteiger partial charge in [0, 0.05) is 22.1 Å². The number of benzene rings is 3. The fraction of sp³-hybridized carbons (Fsp3) is 0. The predicted molar refractivity (Wildman–Crippen MR) is 121 cm³/mol. The molecule has 0 saturated carbocycles. The number of nitrogens with zero attached hydrogens (tertiary/aromatic N) is 1. The molecule has 0 saturated heterocycles. The van der Waals surface area contributed by atoms with Gasteiger partial charge in [-0.05, 0) is 29.8 Å². The molecule has 5 nitrogen and oxygen atoms in total. The summed E-state index contributed by atoms with van der Waals surface area (Å²) in [6, 6.07) is 17.3. The molecule has 0 bridgehead atoms. The average molecular weight is 457 g/mol. The third kappa shape index (κ3) is 3.91. The van der Waals surface area contributed by atoms with Crippen LogP contribution in [-0.2, 0) is 0 Å². The molecule has 1 heterocycles. The summed E-state index contributed by atoms with van der Waals surface area (Å²) in [5.74, 6) is -1.07. The summed E-state index contributed by atoms with van der Waals surface area (Å²) < 4.78 is 0. The number of carbonyl (C=O) groups is 1. The Balaban J connectivity index is 1.76. The Labute approximate surface area is 186 Å². The van der Waals surface area contributed by atoms with Gasteiger partial charge in [0.1, 0.15) is 5.01 Å². The molecule has 8 heteroatoms. The van der Waals surface area contributed by atoms with Gasteiger partial charge >= 0.3 is 5.97 Å². The van der Waals surface area contributed by atoms with E-state index in [0.717, 1.165) is 11.3 Å². The van der Waals surface area contributed by atoms with Crippen LogP contribution < -0.4 is 5.48 Å². The van der Waals surface area contributed by atoms with E-state index in [1.54, 1.807) is 48.5 Å². The molecule has 30 heavy (non-hydrogen) atoms. The number of aromatic nitrogens is 1. The van der Waals surface area contributed by atoms with Crippen LogP contribution in [0.25, 0.3) is 33.0 Å². The Morgan fingerprint density at radius 2 is 1.70 bits per heavy atom. The highest BCUT2D eigenvalue weighted by molar-refractivity contribution is 7.13. The second-order valence-electron chi connectivity index (χ2n) is 6.39. The number of aromatic carboxylic acids is 1. The number of carboxylic acid groups (broad SMARTS) is 1. The maximum absolute atomic E-state index is 11.9. The topological polar surface area (TPSA) is 82.5 Å². The van der Waals surface area contributed by atoms with Gasteiger partial charge < -0.3 is 5.11 Å². The predicted octanol–water partition coefficient (Wildman–Crippen LogP) is 6.95. The van der Waals surface area contributed by atoms with E-state index in [9.17, 15) is 15.1 Å². The highest BCUT2D eigenvalue weighted by Crippen LogP contribution is 2.36. The van der Waals surface area contributed by atoms with Crippen molar-refractivity contribution in [1.29, 1.82) is 0 Å². The fourth-order valence-electron chi connectivity index (χ4n) is 3.10. The number of carboxylic acids is 1. The molecule has 0 fully saturated rings. The first-order chi connectivity index (χ1) is 14.5. The normalized spacial score (nSPS) is 10.8. The summed E-state index contributed by atoms with van der Waals surface area (Å²) >= 11 is 13.5. The molecule has 0 aliphatic rings. The number of halogens is 2. The van der Waals surface area contributed by atoms with Crippen LogP contribution in [-0.4, -0.2) is 21.3 Å². The molecular formula is C22H14Cl2N2O3S. The van der Waals surface area contributed by atoms with Gasteiger partial charge in [-0.3, -0.25) is 10.7 Å². The zero-order valence-corrected chi connectivity index (χ0v) is 17.6. The van der Waals surface area contributed by atoms with Crippen molar-refractivity contribution in [2.75, 3.05) is 5.48 Å². The lowest BCUT2D eigenvalue weighted by Gasteiger charge is -2.12. The smallest absolute Gasteiger partial charge is 0.336 e. The number of nitrogens with one attached hydrogen (secondary N) is 1. The zero-order chi connectivity index (χ0) is 21.3. The third-order valence-corrected chi connectivity index (χ3v) is 6.18. The molecule has 4 rings (SSSR count). The van der Waals surface area contributed by atoms with Crippen LogP contribution >= 0.6 is 34.5 Å². The van der Waals surface area contributed by atoms with Gasteiger partial charge in [-0.15, -0.1) is 11.3 Å². The summed E-state index contributed by atoms with van der Waals surface area (Å²) in [6.45, 7) is 0. The largest absolute Gasteiger partial charge is 0.478 e. The number of hydrogen-bond donors (Lipinski definition) is 3. The van der Waals surface area contributed by atoms with Crippen LogP contribution in [0.1, 0.15) is 10.4 Å². The van der Waals surface area contributed by atoms with Gasteiger partial charge in [-0.25, -0.2) is 9.78 Å². The number of hydrogen-bond acceptors (Lipinski definition) is 5. The van der Waals surface area contributed by atoms with E-state index in [-0.39, 0.29) is 5.56 Å². The second kappa shape index (κ2) is 8.45. The standard InChI is InChI=1S/C22H14Cl2N2O3S/c23-17-8-6-12(10-18(17)24)20-11-30-21(25-20)13-5-7-14(16(9-13)22(27)28)15-3-1-2-4-19(15)26-29/h1-11,26,29H,(H,27,28). The van der Waals surface area contributed by atoms with Crippen molar-refractivity contribution in [3.05, 3.63) is 81.7 Å². The van der Waals surface area contributed by atoms with E-state index in [4.69, 9.17) is 23.2 Å². The van der Waals surface area contributed by atoms with Gasteiger partial charge in [0.15, 0.2) is 0 Å². The van der Waals surface area contributed by atoms with E-state index >= 15 is 0 Å². The van der Waals surface area contributed by atoms with Crippen LogP contribution in [0.5, 0.6) is 0 Å². The SMILES string of the molecule is O=C(O)c1cc(-c2nc(-c3ccc(Cl)c(Cl)c3)cs2)ccc1-c1ccccc1NO. The maximum Gasteiger partial charge on any atom is 0.336 e. The number of rotatable bonds is 5.